The predicted octanol–water partition coefficient (Wildman–Crippen LogP) is 2.83. The van der Waals surface area contributed by atoms with E-state index in [4.69, 9.17) is 4.74 Å². The first-order valence-corrected chi connectivity index (χ1v) is 7.28. The van der Waals surface area contributed by atoms with Crippen LogP contribution in [0.5, 0.6) is 5.75 Å². The van der Waals surface area contributed by atoms with Crippen LogP contribution in [-0.2, 0) is 6.42 Å². The highest BCUT2D eigenvalue weighted by atomic mass is 19.1. The third-order valence-electron chi connectivity index (χ3n) is 3.75. The fraction of sp³-hybridized carbons (Fsp3) is 0.235. The standard InChI is InChI=1S/C17H18FN3O2/c1-17(11-12-3-9-15(23-2)10-4-12)19-16(22)21(20-17)14-7-5-13(18)6-8-14/h3-10,20H,11H2,1-2H3,(H,19,22). The highest BCUT2D eigenvalue weighted by molar-refractivity contribution is 5.93. The van der Waals surface area contributed by atoms with Crippen LogP contribution in [0.25, 0.3) is 0 Å². The number of anilines is 1. The smallest absolute Gasteiger partial charge is 0.338 e. The topological polar surface area (TPSA) is 53.6 Å². The van der Waals surface area contributed by atoms with Crippen LogP contribution >= 0.6 is 0 Å². The lowest BCUT2D eigenvalue weighted by molar-refractivity contribution is 0.247. The van der Waals surface area contributed by atoms with Gasteiger partial charge in [-0.05, 0) is 48.9 Å². The van der Waals surface area contributed by atoms with Crippen LogP contribution in [0, 0.1) is 5.82 Å². The van der Waals surface area contributed by atoms with E-state index in [9.17, 15) is 9.18 Å². The molecule has 0 spiro atoms. The van der Waals surface area contributed by atoms with Gasteiger partial charge in [-0.2, -0.15) is 0 Å². The van der Waals surface area contributed by atoms with Gasteiger partial charge in [0.15, 0.2) is 0 Å². The van der Waals surface area contributed by atoms with Gasteiger partial charge in [-0.25, -0.2) is 19.6 Å². The van der Waals surface area contributed by atoms with E-state index in [1.807, 2.05) is 31.2 Å². The molecule has 1 fully saturated rings. The highest BCUT2D eigenvalue weighted by Crippen LogP contribution is 2.23. The van der Waals surface area contributed by atoms with Crippen LogP contribution < -0.4 is 20.5 Å². The van der Waals surface area contributed by atoms with E-state index >= 15 is 0 Å². The normalized spacial score (nSPS) is 20.5. The summed E-state index contributed by atoms with van der Waals surface area (Å²) in [4.78, 5) is 12.2. The maximum absolute atomic E-state index is 13.0. The largest absolute Gasteiger partial charge is 0.497 e. The molecule has 0 aliphatic carbocycles. The Morgan fingerprint density at radius 2 is 1.78 bits per heavy atom. The first-order valence-electron chi connectivity index (χ1n) is 7.28. The second-order valence-electron chi connectivity index (χ2n) is 5.71. The fourth-order valence-corrected chi connectivity index (χ4v) is 2.62. The van der Waals surface area contributed by atoms with Crippen LogP contribution in [0.2, 0.25) is 0 Å². The van der Waals surface area contributed by atoms with Crippen LogP contribution in [-0.4, -0.2) is 18.8 Å². The molecule has 120 valence electrons. The molecule has 0 radical (unpaired) electrons. The van der Waals surface area contributed by atoms with E-state index in [1.165, 1.54) is 17.1 Å². The van der Waals surface area contributed by atoms with Gasteiger partial charge in [0.1, 0.15) is 17.2 Å². The first kappa shape index (κ1) is 15.3. The third kappa shape index (κ3) is 3.27. The van der Waals surface area contributed by atoms with Crippen molar-refractivity contribution < 1.29 is 13.9 Å². The SMILES string of the molecule is COc1ccc(CC2(C)NC(=O)N(c3ccc(F)cc3)N2)cc1. The molecule has 0 saturated carbocycles. The summed E-state index contributed by atoms with van der Waals surface area (Å²) in [5.41, 5.74) is 4.17. The number of amides is 2. The number of hydrogen-bond donors (Lipinski definition) is 2. The number of benzene rings is 2. The molecule has 2 amide bonds. The molecule has 2 aromatic carbocycles. The van der Waals surface area contributed by atoms with Crippen molar-refractivity contribution in [3.63, 3.8) is 0 Å². The molecule has 1 atom stereocenters. The second kappa shape index (κ2) is 5.89. The number of urea groups is 1. The van der Waals surface area contributed by atoms with Crippen molar-refractivity contribution in [1.29, 1.82) is 0 Å². The number of rotatable bonds is 4. The predicted molar refractivity (Wildman–Crippen MR) is 85.6 cm³/mol. The van der Waals surface area contributed by atoms with Crippen LogP contribution in [0.15, 0.2) is 48.5 Å². The van der Waals surface area contributed by atoms with Crippen molar-refractivity contribution in [2.75, 3.05) is 12.1 Å². The molecule has 0 aromatic heterocycles. The van der Waals surface area contributed by atoms with Gasteiger partial charge in [-0.15, -0.1) is 0 Å². The second-order valence-corrected chi connectivity index (χ2v) is 5.71. The van der Waals surface area contributed by atoms with E-state index < -0.39 is 5.66 Å². The summed E-state index contributed by atoms with van der Waals surface area (Å²) in [7, 11) is 1.62. The fourth-order valence-electron chi connectivity index (χ4n) is 2.62. The summed E-state index contributed by atoms with van der Waals surface area (Å²) in [6.07, 6.45) is 0.598. The maximum atomic E-state index is 13.0. The van der Waals surface area contributed by atoms with Crippen molar-refractivity contribution in [2.24, 2.45) is 0 Å². The van der Waals surface area contributed by atoms with Crippen molar-refractivity contribution in [3.8, 4) is 5.75 Å². The van der Waals surface area contributed by atoms with Gasteiger partial charge in [0.25, 0.3) is 0 Å². The number of hydrogen-bond acceptors (Lipinski definition) is 3. The van der Waals surface area contributed by atoms with Crippen molar-refractivity contribution in [1.82, 2.24) is 10.7 Å². The number of carbonyl (C=O) groups excluding carboxylic acids is 1. The molecule has 1 heterocycles. The molecular formula is C17H18FN3O2. The molecule has 23 heavy (non-hydrogen) atoms. The molecule has 1 saturated heterocycles. The molecule has 1 aliphatic heterocycles. The monoisotopic (exact) mass is 315 g/mol. The Balaban J connectivity index is 1.75. The van der Waals surface area contributed by atoms with Crippen molar-refractivity contribution in [3.05, 3.63) is 59.9 Å². The quantitative estimate of drug-likeness (QED) is 0.912. The van der Waals surface area contributed by atoms with Gasteiger partial charge in [-0.1, -0.05) is 12.1 Å². The Hall–Kier alpha value is -2.60. The summed E-state index contributed by atoms with van der Waals surface area (Å²) >= 11 is 0. The van der Waals surface area contributed by atoms with Gasteiger partial charge in [0.2, 0.25) is 0 Å². The zero-order valence-electron chi connectivity index (χ0n) is 13.0. The molecule has 2 N–H and O–H groups in total. The van der Waals surface area contributed by atoms with E-state index in [1.54, 1.807) is 19.2 Å². The average molecular weight is 315 g/mol. The Bertz CT molecular complexity index is 703. The van der Waals surface area contributed by atoms with Gasteiger partial charge < -0.3 is 10.1 Å². The summed E-state index contributed by atoms with van der Waals surface area (Å²) in [5, 5.41) is 4.31. The van der Waals surface area contributed by atoms with Crippen LogP contribution in [0.4, 0.5) is 14.9 Å². The lowest BCUT2D eigenvalue weighted by Crippen LogP contribution is -2.50. The number of nitrogens with one attached hydrogen (secondary N) is 2. The van der Waals surface area contributed by atoms with Gasteiger partial charge in [0.05, 0.1) is 12.8 Å². The minimum atomic E-state index is -0.625. The minimum absolute atomic E-state index is 0.271. The first-order chi connectivity index (χ1) is 11.0. The molecule has 3 rings (SSSR count). The molecule has 6 heteroatoms. The van der Waals surface area contributed by atoms with E-state index in [-0.39, 0.29) is 11.8 Å². The lowest BCUT2D eigenvalue weighted by Gasteiger charge is -2.25. The summed E-state index contributed by atoms with van der Waals surface area (Å²) in [6, 6.07) is 13.2. The molecule has 0 bridgehead atoms. The van der Waals surface area contributed by atoms with Crippen LogP contribution in [0.1, 0.15) is 12.5 Å². The zero-order chi connectivity index (χ0) is 16.4. The Morgan fingerprint density at radius 1 is 1.13 bits per heavy atom. The minimum Gasteiger partial charge on any atom is -0.497 e. The molecule has 1 unspecified atom stereocenters. The van der Waals surface area contributed by atoms with E-state index in [0.717, 1.165) is 11.3 Å². The Morgan fingerprint density at radius 3 is 2.39 bits per heavy atom. The van der Waals surface area contributed by atoms with Gasteiger partial charge >= 0.3 is 6.03 Å². The third-order valence-corrected chi connectivity index (χ3v) is 3.75. The number of carbonyl (C=O) groups is 1. The number of hydrazine groups is 1. The number of ether oxygens (including phenoxy) is 1. The molecule has 5 nitrogen and oxygen atoms in total. The number of nitrogens with zero attached hydrogens (tertiary/aromatic N) is 1. The molecule has 1 aliphatic rings. The average Bonchev–Trinajstić information content (AvgIpc) is 2.83. The number of methoxy groups -OCH3 is 1. The van der Waals surface area contributed by atoms with Crippen molar-refractivity contribution >= 4 is 11.7 Å². The summed E-state index contributed by atoms with van der Waals surface area (Å²) in [6.45, 7) is 1.90. The van der Waals surface area contributed by atoms with Gasteiger partial charge in [-0.3, -0.25) is 0 Å². The number of halogens is 1. The maximum Gasteiger partial charge on any atom is 0.338 e. The summed E-state index contributed by atoms with van der Waals surface area (Å²) < 4.78 is 18.2. The Labute approximate surface area is 134 Å². The molecule has 2 aromatic rings. The zero-order valence-corrected chi connectivity index (χ0v) is 13.0. The van der Waals surface area contributed by atoms with Gasteiger partial charge in [0, 0.05) is 6.42 Å². The lowest BCUT2D eigenvalue weighted by atomic mass is 10.0. The molecular weight excluding hydrogens is 297 g/mol. The van der Waals surface area contributed by atoms with E-state index in [2.05, 4.69) is 10.7 Å². The highest BCUT2D eigenvalue weighted by Gasteiger charge is 2.38. The Kier molecular flexibility index (Phi) is 3.92. The van der Waals surface area contributed by atoms with Crippen LogP contribution in [0.3, 0.4) is 0 Å². The summed E-state index contributed by atoms with van der Waals surface area (Å²) in [5.74, 6) is 0.449. The van der Waals surface area contributed by atoms with E-state index in [0.29, 0.717) is 12.1 Å². The van der Waals surface area contributed by atoms with Crippen molar-refractivity contribution in [2.45, 2.75) is 19.0 Å².